The average molecular weight is 262 g/mol. The molecule has 0 aromatic carbocycles. The number of carbonyl (C=O) groups is 1. The van der Waals surface area contributed by atoms with E-state index in [1.165, 1.54) is 39.0 Å². The first-order valence-corrected chi connectivity index (χ1v) is 7.69. The molecule has 0 aliphatic heterocycles. The first-order chi connectivity index (χ1) is 8.86. The van der Waals surface area contributed by atoms with E-state index in [1.54, 1.807) is 5.57 Å². The van der Waals surface area contributed by atoms with Crippen molar-refractivity contribution in [3.8, 4) is 0 Å². The van der Waals surface area contributed by atoms with Gasteiger partial charge in [-0.15, -0.1) is 0 Å². The highest BCUT2D eigenvalue weighted by Crippen LogP contribution is 2.78. The minimum atomic E-state index is -0.134. The van der Waals surface area contributed by atoms with Crippen LogP contribution in [0.3, 0.4) is 0 Å². The van der Waals surface area contributed by atoms with Gasteiger partial charge >= 0.3 is 5.97 Å². The molecular formula is C17H26O2. The Labute approximate surface area is 116 Å². The Bertz CT molecular complexity index is 448. The van der Waals surface area contributed by atoms with Gasteiger partial charge < -0.3 is 4.74 Å². The van der Waals surface area contributed by atoms with E-state index >= 15 is 0 Å². The van der Waals surface area contributed by atoms with Gasteiger partial charge in [-0.3, -0.25) is 4.79 Å². The van der Waals surface area contributed by atoms with Crippen molar-refractivity contribution in [2.45, 2.75) is 59.8 Å². The maximum absolute atomic E-state index is 11.2. The summed E-state index contributed by atoms with van der Waals surface area (Å²) in [4.78, 5) is 11.2. The summed E-state index contributed by atoms with van der Waals surface area (Å²) in [7, 11) is 0. The summed E-state index contributed by atoms with van der Waals surface area (Å²) in [5.41, 5.74) is 2.64. The second-order valence-electron chi connectivity index (χ2n) is 7.49. The fourth-order valence-corrected chi connectivity index (χ4v) is 6.11. The van der Waals surface area contributed by atoms with Crippen molar-refractivity contribution < 1.29 is 9.53 Å². The lowest BCUT2D eigenvalue weighted by Gasteiger charge is -2.47. The maximum Gasteiger partial charge on any atom is 0.302 e. The molecule has 3 aliphatic rings. The van der Waals surface area contributed by atoms with Crippen molar-refractivity contribution in [1.82, 2.24) is 0 Å². The summed E-state index contributed by atoms with van der Waals surface area (Å²) < 4.78 is 5.38. The van der Waals surface area contributed by atoms with E-state index in [2.05, 4.69) is 26.8 Å². The number of esters is 1. The van der Waals surface area contributed by atoms with Gasteiger partial charge in [-0.1, -0.05) is 31.9 Å². The van der Waals surface area contributed by atoms with Crippen LogP contribution in [0.5, 0.6) is 0 Å². The first-order valence-electron chi connectivity index (χ1n) is 7.69. The molecule has 0 amide bonds. The molecule has 0 aromatic rings. The fourth-order valence-electron chi connectivity index (χ4n) is 6.11. The molecule has 3 atom stereocenters. The van der Waals surface area contributed by atoms with Crippen molar-refractivity contribution in [1.29, 1.82) is 0 Å². The lowest BCUT2D eigenvalue weighted by molar-refractivity contribution is -0.143. The Hall–Kier alpha value is -0.790. The van der Waals surface area contributed by atoms with Gasteiger partial charge in [0.25, 0.3) is 0 Å². The predicted molar refractivity (Wildman–Crippen MR) is 75.6 cm³/mol. The third-order valence-corrected chi connectivity index (χ3v) is 6.65. The molecule has 0 N–H and O–H groups in total. The summed E-state index contributed by atoms with van der Waals surface area (Å²) >= 11 is 0. The highest BCUT2D eigenvalue weighted by atomic mass is 16.5. The number of carbonyl (C=O) groups excluding carboxylic acids is 1. The van der Waals surface area contributed by atoms with Gasteiger partial charge in [-0.25, -0.2) is 0 Å². The molecular weight excluding hydrogens is 236 g/mol. The summed E-state index contributed by atoms with van der Waals surface area (Å²) in [5.74, 6) is 0.405. The zero-order valence-corrected chi connectivity index (χ0v) is 12.7. The van der Waals surface area contributed by atoms with Crippen molar-refractivity contribution >= 4 is 5.97 Å². The third-order valence-electron chi connectivity index (χ3n) is 6.65. The third kappa shape index (κ3) is 1.41. The second-order valence-corrected chi connectivity index (χ2v) is 7.49. The number of rotatable bonds is 2. The second kappa shape index (κ2) is 3.86. The highest BCUT2D eigenvalue weighted by Gasteiger charge is 2.70. The Morgan fingerprint density at radius 1 is 1.37 bits per heavy atom. The van der Waals surface area contributed by atoms with Crippen LogP contribution >= 0.6 is 0 Å². The van der Waals surface area contributed by atoms with Gasteiger partial charge in [0.15, 0.2) is 0 Å². The summed E-state index contributed by atoms with van der Waals surface area (Å²) in [6, 6.07) is 0. The summed E-state index contributed by atoms with van der Waals surface area (Å²) in [6.45, 7) is 9.30. The van der Waals surface area contributed by atoms with Crippen molar-refractivity contribution in [2.24, 2.45) is 22.2 Å². The van der Waals surface area contributed by atoms with E-state index in [9.17, 15) is 4.79 Å². The smallest absolute Gasteiger partial charge is 0.302 e. The molecule has 2 heteroatoms. The normalized spacial score (nSPS) is 42.7. The van der Waals surface area contributed by atoms with Gasteiger partial charge in [0.2, 0.25) is 0 Å². The lowest BCUT2D eigenvalue weighted by Crippen LogP contribution is -2.42. The van der Waals surface area contributed by atoms with Gasteiger partial charge in [0.1, 0.15) is 0 Å². The minimum absolute atomic E-state index is 0.134. The van der Waals surface area contributed by atoms with E-state index in [0.29, 0.717) is 28.8 Å². The van der Waals surface area contributed by atoms with Crippen LogP contribution in [0.15, 0.2) is 11.6 Å². The molecule has 0 heterocycles. The van der Waals surface area contributed by atoms with E-state index < -0.39 is 0 Å². The van der Waals surface area contributed by atoms with E-state index in [0.717, 1.165) is 0 Å². The Balaban J connectivity index is 1.98. The van der Waals surface area contributed by atoms with E-state index in [-0.39, 0.29) is 5.97 Å². The molecule has 2 fully saturated rings. The molecule has 106 valence electrons. The van der Waals surface area contributed by atoms with E-state index in [1.807, 2.05) is 0 Å². The standard InChI is InChI=1S/C17H26O2/c1-12-10-15(3,4)16-7-5-8-17(12,16)14(6-9-16)11-19-13(2)18/h10,14H,5-9,11H2,1-4H3/t14-,16-,17-/m0/s1. The van der Waals surface area contributed by atoms with Crippen LogP contribution in [-0.2, 0) is 9.53 Å². The zero-order chi connectivity index (χ0) is 13.9. The SMILES string of the molecule is CC(=O)OC[C@@H]1CC[C@]23CCC[C@]12C(C)=CC3(C)C. The molecule has 0 radical (unpaired) electrons. The van der Waals surface area contributed by atoms with Crippen LogP contribution in [0.1, 0.15) is 59.8 Å². The molecule has 3 aliphatic carbocycles. The van der Waals surface area contributed by atoms with Crippen LogP contribution in [0.4, 0.5) is 0 Å². The lowest BCUT2D eigenvalue weighted by atomic mass is 9.57. The number of allylic oxidation sites excluding steroid dienone is 2. The Kier molecular flexibility index (Phi) is 2.69. The summed E-state index contributed by atoms with van der Waals surface area (Å²) in [6.07, 6.45) is 9.04. The molecule has 0 bridgehead atoms. The minimum Gasteiger partial charge on any atom is -0.466 e. The topological polar surface area (TPSA) is 26.3 Å². The van der Waals surface area contributed by atoms with Gasteiger partial charge in [-0.05, 0) is 43.4 Å². The molecule has 0 aromatic heterocycles. The Morgan fingerprint density at radius 3 is 2.79 bits per heavy atom. The van der Waals surface area contributed by atoms with Crippen LogP contribution in [0.2, 0.25) is 0 Å². The summed E-state index contributed by atoms with van der Waals surface area (Å²) in [5, 5.41) is 0. The van der Waals surface area contributed by atoms with Gasteiger partial charge in [0, 0.05) is 18.3 Å². The predicted octanol–water partition coefficient (Wildman–Crippen LogP) is 4.10. The molecule has 2 saturated carbocycles. The zero-order valence-electron chi connectivity index (χ0n) is 12.7. The largest absolute Gasteiger partial charge is 0.466 e. The molecule has 19 heavy (non-hydrogen) atoms. The molecule has 0 spiro atoms. The van der Waals surface area contributed by atoms with Crippen LogP contribution < -0.4 is 0 Å². The first kappa shape index (κ1) is 13.2. The van der Waals surface area contributed by atoms with Gasteiger partial charge in [-0.2, -0.15) is 0 Å². The van der Waals surface area contributed by atoms with Gasteiger partial charge in [0.05, 0.1) is 6.61 Å². The molecule has 0 saturated heterocycles. The molecule has 3 rings (SSSR count). The average Bonchev–Trinajstić information content (AvgIpc) is 2.85. The monoisotopic (exact) mass is 262 g/mol. The van der Waals surface area contributed by atoms with Crippen LogP contribution in [-0.4, -0.2) is 12.6 Å². The number of ether oxygens (including phenoxy) is 1. The maximum atomic E-state index is 11.2. The van der Waals surface area contributed by atoms with Crippen molar-refractivity contribution in [2.75, 3.05) is 6.61 Å². The quantitative estimate of drug-likeness (QED) is 0.553. The number of hydrogen-bond acceptors (Lipinski definition) is 2. The Morgan fingerprint density at radius 2 is 2.11 bits per heavy atom. The molecule has 0 unspecified atom stereocenters. The number of hydrogen-bond donors (Lipinski definition) is 0. The van der Waals surface area contributed by atoms with Crippen molar-refractivity contribution in [3.63, 3.8) is 0 Å². The van der Waals surface area contributed by atoms with Crippen LogP contribution in [0, 0.1) is 22.2 Å². The van der Waals surface area contributed by atoms with Crippen LogP contribution in [0.25, 0.3) is 0 Å². The molecule has 2 nitrogen and oxygen atoms in total. The fraction of sp³-hybridized carbons (Fsp3) is 0.824. The highest BCUT2D eigenvalue weighted by molar-refractivity contribution is 5.65. The van der Waals surface area contributed by atoms with Crippen molar-refractivity contribution in [3.05, 3.63) is 11.6 Å². The van der Waals surface area contributed by atoms with E-state index in [4.69, 9.17) is 4.74 Å².